The molecule has 0 aromatic rings. The van der Waals surface area contributed by atoms with E-state index in [1.807, 2.05) is 34.6 Å². The van der Waals surface area contributed by atoms with E-state index in [9.17, 15) is 4.79 Å². The predicted octanol–water partition coefficient (Wildman–Crippen LogP) is 0.493. The third-order valence-electron chi connectivity index (χ3n) is 2.54. The number of aliphatic hydroxyl groups excluding tert-OH is 1. The smallest absolute Gasteiger partial charge is 0.237 e. The summed E-state index contributed by atoms with van der Waals surface area (Å²) in [6.07, 6.45) is 0. The minimum atomic E-state index is -0.551. The van der Waals surface area contributed by atoms with E-state index in [1.165, 1.54) is 0 Å². The number of hydrogen-bond acceptors (Lipinski definition) is 3. The van der Waals surface area contributed by atoms with Crippen molar-refractivity contribution in [2.45, 2.75) is 46.7 Å². The molecule has 90 valence electrons. The molecule has 0 saturated heterocycles. The Balaban J connectivity index is 4.36. The molecule has 1 amide bonds. The van der Waals surface area contributed by atoms with Crippen molar-refractivity contribution in [1.29, 1.82) is 0 Å². The number of hydrogen-bond donors (Lipinski definition) is 3. The summed E-state index contributed by atoms with van der Waals surface area (Å²) in [5, 5.41) is 11.8. The number of nitrogens with two attached hydrogens (primary N) is 1. The fourth-order valence-electron chi connectivity index (χ4n) is 1.09. The molecule has 4 heteroatoms. The van der Waals surface area contributed by atoms with Crippen LogP contribution >= 0.6 is 0 Å². The van der Waals surface area contributed by atoms with E-state index in [-0.39, 0.29) is 29.9 Å². The Bertz CT molecular complexity index is 209. The maximum Gasteiger partial charge on any atom is 0.237 e. The van der Waals surface area contributed by atoms with Gasteiger partial charge in [0.1, 0.15) is 0 Å². The lowest BCUT2D eigenvalue weighted by atomic mass is 9.86. The molecule has 15 heavy (non-hydrogen) atoms. The topological polar surface area (TPSA) is 75.3 Å². The standard InChI is InChI=1S/C11H24N2O2/c1-7(2)8(6-14)13-10(15)9(12)11(3,4)5/h7-9,14H,6,12H2,1-5H3,(H,13,15)/t8-,9-/m1/s1. The summed E-state index contributed by atoms with van der Waals surface area (Å²) in [5.41, 5.74) is 5.54. The largest absolute Gasteiger partial charge is 0.394 e. The van der Waals surface area contributed by atoms with Crippen LogP contribution in [-0.2, 0) is 4.79 Å². The monoisotopic (exact) mass is 216 g/mol. The van der Waals surface area contributed by atoms with E-state index in [0.29, 0.717) is 0 Å². The Morgan fingerprint density at radius 3 is 2.13 bits per heavy atom. The van der Waals surface area contributed by atoms with Crippen LogP contribution in [0.4, 0.5) is 0 Å². The molecule has 0 saturated carbocycles. The number of carbonyl (C=O) groups is 1. The van der Waals surface area contributed by atoms with E-state index in [4.69, 9.17) is 10.8 Å². The van der Waals surface area contributed by atoms with Crippen LogP contribution in [0.3, 0.4) is 0 Å². The van der Waals surface area contributed by atoms with Gasteiger partial charge in [-0.05, 0) is 11.3 Å². The number of amides is 1. The molecule has 0 rings (SSSR count). The van der Waals surface area contributed by atoms with Crippen molar-refractivity contribution in [3.63, 3.8) is 0 Å². The second kappa shape index (κ2) is 5.47. The van der Waals surface area contributed by atoms with Crippen LogP contribution in [0.2, 0.25) is 0 Å². The lowest BCUT2D eigenvalue weighted by Crippen LogP contribution is -2.53. The van der Waals surface area contributed by atoms with Gasteiger partial charge in [-0.2, -0.15) is 0 Å². The van der Waals surface area contributed by atoms with Gasteiger partial charge in [-0.3, -0.25) is 4.79 Å². The molecule has 0 aromatic heterocycles. The Hall–Kier alpha value is -0.610. The van der Waals surface area contributed by atoms with Crippen molar-refractivity contribution in [1.82, 2.24) is 5.32 Å². The first-order valence-electron chi connectivity index (χ1n) is 5.37. The maximum atomic E-state index is 11.7. The molecule has 0 aliphatic rings. The van der Waals surface area contributed by atoms with Crippen molar-refractivity contribution < 1.29 is 9.90 Å². The van der Waals surface area contributed by atoms with Crippen molar-refractivity contribution in [2.75, 3.05) is 6.61 Å². The fraction of sp³-hybridized carbons (Fsp3) is 0.909. The second-order valence-corrected chi connectivity index (χ2v) is 5.39. The van der Waals surface area contributed by atoms with E-state index >= 15 is 0 Å². The minimum absolute atomic E-state index is 0.0553. The molecule has 0 fully saturated rings. The van der Waals surface area contributed by atoms with Crippen LogP contribution in [-0.4, -0.2) is 29.7 Å². The van der Waals surface area contributed by atoms with Crippen LogP contribution in [0.15, 0.2) is 0 Å². The Morgan fingerprint density at radius 2 is 1.87 bits per heavy atom. The average molecular weight is 216 g/mol. The third-order valence-corrected chi connectivity index (χ3v) is 2.54. The van der Waals surface area contributed by atoms with Crippen LogP contribution in [0, 0.1) is 11.3 Å². The molecule has 0 spiro atoms. The number of nitrogens with one attached hydrogen (secondary N) is 1. The normalized spacial score (nSPS) is 16.3. The van der Waals surface area contributed by atoms with Gasteiger partial charge in [0, 0.05) is 0 Å². The van der Waals surface area contributed by atoms with E-state index in [1.54, 1.807) is 0 Å². The van der Waals surface area contributed by atoms with E-state index in [0.717, 1.165) is 0 Å². The summed E-state index contributed by atoms with van der Waals surface area (Å²) in [7, 11) is 0. The number of aliphatic hydroxyl groups is 1. The molecule has 0 aliphatic heterocycles. The van der Waals surface area contributed by atoms with Crippen LogP contribution in [0.1, 0.15) is 34.6 Å². The van der Waals surface area contributed by atoms with Crippen molar-refractivity contribution >= 4 is 5.91 Å². The molecule has 0 aromatic carbocycles. The van der Waals surface area contributed by atoms with E-state index < -0.39 is 6.04 Å². The van der Waals surface area contributed by atoms with Gasteiger partial charge >= 0.3 is 0 Å². The fourth-order valence-corrected chi connectivity index (χ4v) is 1.09. The summed E-state index contributed by atoms with van der Waals surface area (Å²) < 4.78 is 0. The summed E-state index contributed by atoms with van der Waals surface area (Å²) in [6.45, 7) is 9.59. The summed E-state index contributed by atoms with van der Waals surface area (Å²) in [4.78, 5) is 11.7. The third kappa shape index (κ3) is 4.62. The van der Waals surface area contributed by atoms with Crippen LogP contribution in [0.25, 0.3) is 0 Å². The van der Waals surface area contributed by atoms with Crippen LogP contribution < -0.4 is 11.1 Å². The first-order chi connectivity index (χ1) is 6.70. The van der Waals surface area contributed by atoms with Gasteiger partial charge in [-0.25, -0.2) is 0 Å². The zero-order valence-corrected chi connectivity index (χ0v) is 10.4. The number of carbonyl (C=O) groups excluding carboxylic acids is 1. The van der Waals surface area contributed by atoms with Crippen molar-refractivity contribution in [2.24, 2.45) is 17.1 Å². The molecular weight excluding hydrogens is 192 g/mol. The first kappa shape index (κ1) is 14.4. The Kier molecular flexibility index (Phi) is 5.24. The molecule has 4 N–H and O–H groups in total. The highest BCUT2D eigenvalue weighted by Crippen LogP contribution is 2.17. The summed E-state index contributed by atoms with van der Waals surface area (Å²) in [6, 6.07) is -0.767. The molecule has 0 bridgehead atoms. The molecular formula is C11H24N2O2. The van der Waals surface area contributed by atoms with Crippen molar-refractivity contribution in [3.8, 4) is 0 Å². The highest BCUT2D eigenvalue weighted by Gasteiger charge is 2.29. The van der Waals surface area contributed by atoms with Gasteiger partial charge in [0.05, 0.1) is 18.7 Å². The maximum absolute atomic E-state index is 11.7. The summed E-state index contributed by atoms with van der Waals surface area (Å²) >= 11 is 0. The lowest BCUT2D eigenvalue weighted by molar-refractivity contribution is -0.125. The molecule has 0 aliphatic carbocycles. The number of rotatable bonds is 4. The predicted molar refractivity (Wildman–Crippen MR) is 61.3 cm³/mol. The quantitative estimate of drug-likeness (QED) is 0.640. The van der Waals surface area contributed by atoms with Gasteiger partial charge < -0.3 is 16.2 Å². The van der Waals surface area contributed by atoms with Gasteiger partial charge in [0.25, 0.3) is 0 Å². The molecule has 4 nitrogen and oxygen atoms in total. The van der Waals surface area contributed by atoms with Gasteiger partial charge in [0.15, 0.2) is 0 Å². The average Bonchev–Trinajstić information content (AvgIpc) is 2.10. The molecule has 0 unspecified atom stereocenters. The van der Waals surface area contributed by atoms with E-state index in [2.05, 4.69) is 5.32 Å². The highest BCUT2D eigenvalue weighted by atomic mass is 16.3. The SMILES string of the molecule is CC(C)[C@@H](CO)NC(=O)[C@@H](N)C(C)(C)C. The van der Waals surface area contributed by atoms with Gasteiger partial charge in [0.2, 0.25) is 5.91 Å². The minimum Gasteiger partial charge on any atom is -0.394 e. The zero-order valence-electron chi connectivity index (χ0n) is 10.4. The second-order valence-electron chi connectivity index (χ2n) is 5.39. The Labute approximate surface area is 92.2 Å². The molecule has 0 heterocycles. The summed E-state index contributed by atoms with van der Waals surface area (Å²) in [5.74, 6) is 0.00127. The first-order valence-corrected chi connectivity index (χ1v) is 5.37. The Morgan fingerprint density at radius 1 is 1.40 bits per heavy atom. The highest BCUT2D eigenvalue weighted by molar-refractivity contribution is 5.82. The van der Waals surface area contributed by atoms with Crippen molar-refractivity contribution in [3.05, 3.63) is 0 Å². The van der Waals surface area contributed by atoms with Gasteiger partial charge in [-0.15, -0.1) is 0 Å². The van der Waals surface area contributed by atoms with Crippen LogP contribution in [0.5, 0.6) is 0 Å². The molecule has 2 atom stereocenters. The molecule has 0 radical (unpaired) electrons. The lowest BCUT2D eigenvalue weighted by Gasteiger charge is -2.29. The zero-order chi connectivity index (χ0) is 12.2. The van der Waals surface area contributed by atoms with Gasteiger partial charge in [-0.1, -0.05) is 34.6 Å².